The largest absolute Gasteiger partial charge is 0.384 e. The summed E-state index contributed by atoms with van der Waals surface area (Å²) in [4.78, 5) is 0. The van der Waals surface area contributed by atoms with Gasteiger partial charge in [-0.1, -0.05) is 26.2 Å². The average Bonchev–Trinajstić information content (AvgIpc) is 2.27. The smallest absolute Gasteiger partial charge is 0.0533 e. The molecule has 14 heavy (non-hydrogen) atoms. The first-order chi connectivity index (χ1) is 6.79. The van der Waals surface area contributed by atoms with Crippen LogP contribution in [0.25, 0.3) is 0 Å². The molecule has 1 rings (SSSR count). The summed E-state index contributed by atoms with van der Waals surface area (Å²) < 4.78 is 5.36. The molecule has 0 heterocycles. The monoisotopic (exact) mass is 199 g/mol. The Kier molecular flexibility index (Phi) is 4.90. The molecule has 1 aliphatic rings. The predicted octanol–water partition coefficient (Wildman–Crippen LogP) is 2.57. The van der Waals surface area contributed by atoms with Gasteiger partial charge in [-0.15, -0.1) is 0 Å². The van der Waals surface area contributed by atoms with Gasteiger partial charge in [0.25, 0.3) is 0 Å². The first-order valence-electron chi connectivity index (χ1n) is 5.98. The number of hydrogen-bond donors (Lipinski definition) is 1. The molecule has 1 aliphatic carbocycles. The standard InChI is InChI=1S/C12H25NO/c1-3-12(9-13,10-14-2)11-7-5-4-6-8-11/h11H,3-10,13H2,1-2H3. The molecule has 2 heteroatoms. The minimum absolute atomic E-state index is 0.259. The highest BCUT2D eigenvalue weighted by molar-refractivity contribution is 4.88. The Balaban J connectivity index is 2.62. The van der Waals surface area contributed by atoms with Gasteiger partial charge in [0.05, 0.1) is 6.61 Å². The first kappa shape index (κ1) is 12.0. The molecule has 1 atom stereocenters. The van der Waals surface area contributed by atoms with Gasteiger partial charge < -0.3 is 10.5 Å². The molecule has 0 aromatic heterocycles. The van der Waals surface area contributed by atoms with Crippen molar-refractivity contribution in [2.75, 3.05) is 20.3 Å². The molecule has 0 aliphatic heterocycles. The van der Waals surface area contributed by atoms with Crippen LogP contribution in [0.15, 0.2) is 0 Å². The van der Waals surface area contributed by atoms with Crippen LogP contribution in [-0.2, 0) is 4.74 Å². The molecule has 1 saturated carbocycles. The lowest BCUT2D eigenvalue weighted by atomic mass is 9.67. The van der Waals surface area contributed by atoms with Crippen LogP contribution in [0.1, 0.15) is 45.4 Å². The van der Waals surface area contributed by atoms with Crippen molar-refractivity contribution >= 4 is 0 Å². The highest BCUT2D eigenvalue weighted by atomic mass is 16.5. The summed E-state index contributed by atoms with van der Waals surface area (Å²) in [5, 5.41) is 0. The van der Waals surface area contributed by atoms with E-state index in [9.17, 15) is 0 Å². The van der Waals surface area contributed by atoms with E-state index in [1.165, 1.54) is 32.1 Å². The van der Waals surface area contributed by atoms with E-state index in [-0.39, 0.29) is 5.41 Å². The third kappa shape index (κ3) is 2.48. The lowest BCUT2D eigenvalue weighted by Crippen LogP contribution is -2.42. The van der Waals surface area contributed by atoms with E-state index in [2.05, 4.69) is 6.92 Å². The maximum Gasteiger partial charge on any atom is 0.0533 e. The van der Waals surface area contributed by atoms with E-state index >= 15 is 0 Å². The molecule has 0 radical (unpaired) electrons. The van der Waals surface area contributed by atoms with E-state index in [0.717, 1.165) is 25.5 Å². The molecular formula is C12H25NO. The normalized spacial score (nSPS) is 23.4. The van der Waals surface area contributed by atoms with Gasteiger partial charge in [0.1, 0.15) is 0 Å². The lowest BCUT2D eigenvalue weighted by Gasteiger charge is -2.41. The topological polar surface area (TPSA) is 35.2 Å². The maximum absolute atomic E-state index is 5.96. The number of methoxy groups -OCH3 is 1. The van der Waals surface area contributed by atoms with Crippen LogP contribution < -0.4 is 5.73 Å². The van der Waals surface area contributed by atoms with Crippen molar-refractivity contribution in [1.82, 2.24) is 0 Å². The van der Waals surface area contributed by atoms with Gasteiger partial charge >= 0.3 is 0 Å². The van der Waals surface area contributed by atoms with Gasteiger partial charge in [-0.05, 0) is 25.2 Å². The van der Waals surface area contributed by atoms with E-state index in [1.54, 1.807) is 7.11 Å². The fourth-order valence-electron chi connectivity index (χ4n) is 2.88. The van der Waals surface area contributed by atoms with Crippen molar-refractivity contribution in [2.24, 2.45) is 17.1 Å². The summed E-state index contributed by atoms with van der Waals surface area (Å²) in [6.07, 6.45) is 8.05. The van der Waals surface area contributed by atoms with Crippen LogP contribution in [0.5, 0.6) is 0 Å². The molecular weight excluding hydrogens is 174 g/mol. The second-order valence-electron chi connectivity index (χ2n) is 4.69. The molecule has 0 saturated heterocycles. The third-order valence-corrected chi connectivity index (χ3v) is 4.01. The van der Waals surface area contributed by atoms with Crippen molar-refractivity contribution in [2.45, 2.75) is 45.4 Å². The Labute approximate surface area is 88.2 Å². The Morgan fingerprint density at radius 1 is 1.29 bits per heavy atom. The minimum Gasteiger partial charge on any atom is -0.384 e. The molecule has 0 aromatic rings. The Hall–Kier alpha value is -0.0800. The van der Waals surface area contributed by atoms with E-state index in [1.807, 2.05) is 0 Å². The van der Waals surface area contributed by atoms with Crippen LogP contribution in [0, 0.1) is 11.3 Å². The number of hydrogen-bond acceptors (Lipinski definition) is 2. The van der Waals surface area contributed by atoms with Crippen LogP contribution in [0.3, 0.4) is 0 Å². The molecule has 0 bridgehead atoms. The summed E-state index contributed by atoms with van der Waals surface area (Å²) in [6.45, 7) is 3.87. The highest BCUT2D eigenvalue weighted by Crippen LogP contribution is 2.40. The Bertz CT molecular complexity index is 148. The number of nitrogens with two attached hydrogens (primary N) is 1. The van der Waals surface area contributed by atoms with Gasteiger partial charge in [-0.25, -0.2) is 0 Å². The number of rotatable bonds is 5. The van der Waals surface area contributed by atoms with Gasteiger partial charge in [0.15, 0.2) is 0 Å². The quantitative estimate of drug-likeness (QED) is 0.738. The maximum atomic E-state index is 5.96. The highest BCUT2D eigenvalue weighted by Gasteiger charge is 2.36. The Morgan fingerprint density at radius 2 is 1.93 bits per heavy atom. The zero-order chi connectivity index (χ0) is 10.4. The average molecular weight is 199 g/mol. The summed E-state index contributed by atoms with van der Waals surface area (Å²) in [6, 6.07) is 0. The fourth-order valence-corrected chi connectivity index (χ4v) is 2.88. The van der Waals surface area contributed by atoms with Crippen LogP contribution in [-0.4, -0.2) is 20.3 Å². The Morgan fingerprint density at radius 3 is 2.36 bits per heavy atom. The molecule has 0 spiro atoms. The van der Waals surface area contributed by atoms with E-state index < -0.39 is 0 Å². The molecule has 1 fully saturated rings. The van der Waals surface area contributed by atoms with Gasteiger partial charge in [0, 0.05) is 19.1 Å². The molecule has 2 N–H and O–H groups in total. The summed E-state index contributed by atoms with van der Waals surface area (Å²) in [5.41, 5.74) is 6.21. The molecule has 84 valence electrons. The fraction of sp³-hybridized carbons (Fsp3) is 1.00. The van der Waals surface area contributed by atoms with E-state index in [4.69, 9.17) is 10.5 Å². The van der Waals surface area contributed by atoms with Crippen molar-refractivity contribution in [1.29, 1.82) is 0 Å². The minimum atomic E-state index is 0.259. The van der Waals surface area contributed by atoms with Crippen LogP contribution in [0.2, 0.25) is 0 Å². The summed E-state index contributed by atoms with van der Waals surface area (Å²) in [7, 11) is 1.79. The molecule has 0 amide bonds. The van der Waals surface area contributed by atoms with E-state index in [0.29, 0.717) is 0 Å². The molecule has 2 nitrogen and oxygen atoms in total. The van der Waals surface area contributed by atoms with Gasteiger partial charge in [-0.3, -0.25) is 0 Å². The zero-order valence-corrected chi connectivity index (χ0v) is 9.72. The van der Waals surface area contributed by atoms with Crippen molar-refractivity contribution in [3.05, 3.63) is 0 Å². The summed E-state index contributed by atoms with van der Waals surface area (Å²) in [5.74, 6) is 0.797. The van der Waals surface area contributed by atoms with Gasteiger partial charge in [-0.2, -0.15) is 0 Å². The first-order valence-corrected chi connectivity index (χ1v) is 5.98. The predicted molar refractivity (Wildman–Crippen MR) is 60.2 cm³/mol. The van der Waals surface area contributed by atoms with Crippen LogP contribution in [0.4, 0.5) is 0 Å². The summed E-state index contributed by atoms with van der Waals surface area (Å²) >= 11 is 0. The van der Waals surface area contributed by atoms with Crippen molar-refractivity contribution < 1.29 is 4.74 Å². The van der Waals surface area contributed by atoms with Crippen LogP contribution >= 0.6 is 0 Å². The zero-order valence-electron chi connectivity index (χ0n) is 9.72. The molecule has 1 unspecified atom stereocenters. The number of ether oxygens (including phenoxy) is 1. The lowest BCUT2D eigenvalue weighted by molar-refractivity contribution is 0.0185. The molecule has 0 aromatic carbocycles. The van der Waals surface area contributed by atoms with Crippen molar-refractivity contribution in [3.8, 4) is 0 Å². The second-order valence-corrected chi connectivity index (χ2v) is 4.69. The SMILES string of the molecule is CCC(CN)(COC)C1CCCCC1. The second kappa shape index (κ2) is 5.72. The third-order valence-electron chi connectivity index (χ3n) is 4.01. The van der Waals surface area contributed by atoms with Crippen molar-refractivity contribution in [3.63, 3.8) is 0 Å². The van der Waals surface area contributed by atoms with Gasteiger partial charge in [0.2, 0.25) is 0 Å².